The summed E-state index contributed by atoms with van der Waals surface area (Å²) >= 11 is 5.81. The Bertz CT molecular complexity index is 497. The lowest BCUT2D eigenvalue weighted by atomic mass is 10.1. The maximum Gasteiger partial charge on any atom is 0.0995 e. The lowest BCUT2D eigenvalue weighted by molar-refractivity contribution is 0.795. The maximum atomic E-state index is 8.94. The molecular weight excluding hydrogens is 210 g/mol. The van der Waals surface area contributed by atoms with Crippen molar-refractivity contribution in [3.63, 3.8) is 0 Å². The standard InChI is InChI=1S/C11H8ClN3/c12-11-2-1-9(10(5-11)6-13)7-15-4-3-14-8-15/h1-5,8H,7H2. The molecule has 0 aliphatic carbocycles. The number of halogens is 1. The fourth-order valence-corrected chi connectivity index (χ4v) is 1.54. The van der Waals surface area contributed by atoms with Gasteiger partial charge in [-0.15, -0.1) is 0 Å². The van der Waals surface area contributed by atoms with Gasteiger partial charge in [0.05, 0.1) is 18.0 Å². The molecule has 0 atom stereocenters. The van der Waals surface area contributed by atoms with Crippen LogP contribution in [0.2, 0.25) is 5.02 Å². The van der Waals surface area contributed by atoms with Crippen molar-refractivity contribution in [2.24, 2.45) is 0 Å². The summed E-state index contributed by atoms with van der Waals surface area (Å²) in [7, 11) is 0. The Morgan fingerprint density at radius 1 is 1.47 bits per heavy atom. The average molecular weight is 218 g/mol. The van der Waals surface area contributed by atoms with Crippen molar-refractivity contribution in [2.75, 3.05) is 0 Å². The molecular formula is C11H8ClN3. The molecule has 0 aliphatic rings. The van der Waals surface area contributed by atoms with Gasteiger partial charge in [-0.25, -0.2) is 4.98 Å². The van der Waals surface area contributed by atoms with Crippen LogP contribution in [0.1, 0.15) is 11.1 Å². The Hall–Kier alpha value is -1.79. The molecule has 1 aromatic heterocycles. The molecule has 2 aromatic rings. The van der Waals surface area contributed by atoms with E-state index >= 15 is 0 Å². The van der Waals surface area contributed by atoms with Crippen LogP contribution in [-0.4, -0.2) is 9.55 Å². The van der Waals surface area contributed by atoms with Crippen LogP contribution < -0.4 is 0 Å². The Kier molecular flexibility index (Phi) is 2.70. The van der Waals surface area contributed by atoms with Crippen LogP contribution in [0.5, 0.6) is 0 Å². The molecule has 2 rings (SSSR count). The van der Waals surface area contributed by atoms with Crippen molar-refractivity contribution in [3.05, 3.63) is 53.1 Å². The lowest BCUT2D eigenvalue weighted by Gasteiger charge is -2.04. The summed E-state index contributed by atoms with van der Waals surface area (Å²) in [6.07, 6.45) is 5.29. The lowest BCUT2D eigenvalue weighted by Crippen LogP contribution is -1.98. The molecule has 0 amide bonds. The van der Waals surface area contributed by atoms with Crippen LogP contribution >= 0.6 is 11.6 Å². The molecule has 0 radical (unpaired) electrons. The minimum atomic E-state index is 0.584. The summed E-state index contributed by atoms with van der Waals surface area (Å²) in [6, 6.07) is 7.45. The van der Waals surface area contributed by atoms with Gasteiger partial charge in [-0.2, -0.15) is 5.26 Å². The highest BCUT2D eigenvalue weighted by Gasteiger charge is 2.03. The smallest absolute Gasteiger partial charge is 0.0995 e. The minimum absolute atomic E-state index is 0.584. The topological polar surface area (TPSA) is 41.6 Å². The maximum absolute atomic E-state index is 8.94. The predicted octanol–water partition coefficient (Wildman–Crippen LogP) is 2.46. The third-order valence-electron chi connectivity index (χ3n) is 2.10. The van der Waals surface area contributed by atoms with Crippen LogP contribution in [0, 0.1) is 11.3 Å². The first-order valence-corrected chi connectivity index (χ1v) is 4.81. The van der Waals surface area contributed by atoms with Crippen molar-refractivity contribution in [1.29, 1.82) is 5.26 Å². The van der Waals surface area contributed by atoms with E-state index in [0.29, 0.717) is 17.1 Å². The van der Waals surface area contributed by atoms with E-state index in [9.17, 15) is 0 Å². The van der Waals surface area contributed by atoms with Crippen LogP contribution in [0.25, 0.3) is 0 Å². The molecule has 0 aliphatic heterocycles. The summed E-state index contributed by atoms with van der Waals surface area (Å²) in [4.78, 5) is 3.95. The molecule has 0 bridgehead atoms. The fraction of sp³-hybridized carbons (Fsp3) is 0.0909. The zero-order chi connectivity index (χ0) is 10.7. The van der Waals surface area contributed by atoms with E-state index in [0.717, 1.165) is 5.56 Å². The summed E-state index contributed by atoms with van der Waals surface area (Å²) < 4.78 is 1.91. The van der Waals surface area contributed by atoms with Crippen LogP contribution in [0.4, 0.5) is 0 Å². The van der Waals surface area contributed by atoms with Gasteiger partial charge in [0.2, 0.25) is 0 Å². The number of nitrogens with zero attached hydrogens (tertiary/aromatic N) is 3. The largest absolute Gasteiger partial charge is 0.333 e. The third kappa shape index (κ3) is 2.17. The Labute approximate surface area is 92.6 Å². The number of rotatable bonds is 2. The Balaban J connectivity index is 2.33. The molecule has 3 nitrogen and oxygen atoms in total. The molecule has 0 unspecified atom stereocenters. The number of benzene rings is 1. The number of hydrogen-bond acceptors (Lipinski definition) is 2. The van der Waals surface area contributed by atoms with E-state index in [4.69, 9.17) is 16.9 Å². The van der Waals surface area contributed by atoms with E-state index in [1.165, 1.54) is 0 Å². The number of aromatic nitrogens is 2. The van der Waals surface area contributed by atoms with Gasteiger partial charge in [0.15, 0.2) is 0 Å². The minimum Gasteiger partial charge on any atom is -0.333 e. The zero-order valence-electron chi connectivity index (χ0n) is 7.89. The molecule has 1 aromatic carbocycles. The highest BCUT2D eigenvalue weighted by Crippen LogP contribution is 2.16. The quantitative estimate of drug-likeness (QED) is 0.776. The summed E-state index contributed by atoms with van der Waals surface area (Å²) in [6.45, 7) is 0.639. The number of nitriles is 1. The van der Waals surface area contributed by atoms with E-state index in [1.54, 1.807) is 24.7 Å². The summed E-state index contributed by atoms with van der Waals surface area (Å²) in [5.74, 6) is 0. The zero-order valence-corrected chi connectivity index (χ0v) is 8.65. The van der Waals surface area contributed by atoms with Gasteiger partial charge < -0.3 is 4.57 Å². The second kappa shape index (κ2) is 4.16. The van der Waals surface area contributed by atoms with Gasteiger partial charge in [-0.3, -0.25) is 0 Å². The number of imidazole rings is 1. The molecule has 74 valence electrons. The van der Waals surface area contributed by atoms with Crippen molar-refractivity contribution < 1.29 is 0 Å². The van der Waals surface area contributed by atoms with Gasteiger partial charge in [-0.1, -0.05) is 17.7 Å². The van der Waals surface area contributed by atoms with E-state index in [-0.39, 0.29) is 0 Å². The normalized spacial score (nSPS) is 9.87. The third-order valence-corrected chi connectivity index (χ3v) is 2.34. The van der Waals surface area contributed by atoms with Gasteiger partial charge in [0, 0.05) is 24.0 Å². The highest BCUT2D eigenvalue weighted by molar-refractivity contribution is 6.30. The monoisotopic (exact) mass is 217 g/mol. The van der Waals surface area contributed by atoms with Crippen LogP contribution in [0.3, 0.4) is 0 Å². The van der Waals surface area contributed by atoms with Crippen LogP contribution in [0.15, 0.2) is 36.9 Å². The first-order chi connectivity index (χ1) is 7.29. The molecule has 0 fully saturated rings. The molecule has 4 heteroatoms. The summed E-state index contributed by atoms with van der Waals surface area (Å²) in [5.41, 5.74) is 1.55. The van der Waals surface area contributed by atoms with Crippen molar-refractivity contribution in [3.8, 4) is 6.07 Å². The second-order valence-electron chi connectivity index (χ2n) is 3.15. The molecule has 0 N–H and O–H groups in total. The number of hydrogen-bond donors (Lipinski definition) is 0. The molecule has 1 heterocycles. The van der Waals surface area contributed by atoms with Gasteiger partial charge in [-0.05, 0) is 17.7 Å². The van der Waals surface area contributed by atoms with E-state index in [2.05, 4.69) is 11.1 Å². The van der Waals surface area contributed by atoms with Gasteiger partial charge in [0.25, 0.3) is 0 Å². The van der Waals surface area contributed by atoms with Crippen LogP contribution in [-0.2, 0) is 6.54 Å². The predicted molar refractivity (Wildman–Crippen MR) is 57.5 cm³/mol. The van der Waals surface area contributed by atoms with Crippen molar-refractivity contribution >= 4 is 11.6 Å². The molecule has 0 saturated carbocycles. The highest BCUT2D eigenvalue weighted by atomic mass is 35.5. The van der Waals surface area contributed by atoms with Crippen molar-refractivity contribution in [2.45, 2.75) is 6.54 Å². The Morgan fingerprint density at radius 3 is 3.00 bits per heavy atom. The Morgan fingerprint density at radius 2 is 2.33 bits per heavy atom. The first kappa shape index (κ1) is 9.75. The second-order valence-corrected chi connectivity index (χ2v) is 3.58. The van der Waals surface area contributed by atoms with E-state index in [1.807, 2.05) is 16.8 Å². The SMILES string of the molecule is N#Cc1cc(Cl)ccc1Cn1ccnc1. The molecule has 0 saturated heterocycles. The molecule has 15 heavy (non-hydrogen) atoms. The van der Waals surface area contributed by atoms with E-state index < -0.39 is 0 Å². The van der Waals surface area contributed by atoms with Crippen molar-refractivity contribution in [1.82, 2.24) is 9.55 Å². The average Bonchev–Trinajstić information content (AvgIpc) is 2.73. The van der Waals surface area contributed by atoms with Gasteiger partial charge in [0.1, 0.15) is 0 Å². The van der Waals surface area contributed by atoms with Gasteiger partial charge >= 0.3 is 0 Å². The summed E-state index contributed by atoms with van der Waals surface area (Å²) in [5, 5.41) is 9.52. The first-order valence-electron chi connectivity index (χ1n) is 4.44. The fourth-order valence-electron chi connectivity index (χ4n) is 1.37. The molecule has 0 spiro atoms.